The Hall–Kier alpha value is -5.33. The van der Waals surface area contributed by atoms with Crippen molar-refractivity contribution in [2.24, 2.45) is 0 Å². The molecule has 45 heavy (non-hydrogen) atoms. The zero-order valence-electron chi connectivity index (χ0n) is 25.4. The van der Waals surface area contributed by atoms with Crippen LogP contribution in [0.5, 0.6) is 0 Å². The molecule has 5 nitrogen and oxygen atoms in total. The zero-order valence-corrected chi connectivity index (χ0v) is 26.2. The van der Waals surface area contributed by atoms with Crippen molar-refractivity contribution in [2.75, 3.05) is 11.1 Å². The van der Waals surface area contributed by atoms with E-state index in [-0.39, 0.29) is 11.7 Å². The highest BCUT2D eigenvalue weighted by molar-refractivity contribution is 7.21. The van der Waals surface area contributed by atoms with Gasteiger partial charge in [-0.05, 0) is 71.5 Å². The molecule has 0 spiro atoms. The maximum atomic E-state index is 13.5. The number of carbonyl (C=O) groups excluding carboxylic acids is 2. The predicted octanol–water partition coefficient (Wildman–Crippen LogP) is 9.79. The van der Waals surface area contributed by atoms with Crippen molar-refractivity contribution in [1.29, 1.82) is 0 Å². The topological polar surface area (TPSA) is 85.1 Å². The van der Waals surface area contributed by atoms with Gasteiger partial charge < -0.3 is 11.1 Å². The van der Waals surface area contributed by atoms with Gasteiger partial charge in [0, 0.05) is 22.2 Å². The van der Waals surface area contributed by atoms with Crippen molar-refractivity contribution >= 4 is 50.7 Å². The highest BCUT2D eigenvalue weighted by Gasteiger charge is 2.22. The maximum absolute atomic E-state index is 13.5. The van der Waals surface area contributed by atoms with Crippen LogP contribution in [0.2, 0.25) is 0 Å². The molecule has 0 fully saturated rings. The van der Waals surface area contributed by atoms with Crippen LogP contribution in [0.4, 0.5) is 11.4 Å². The molecule has 4 aromatic carbocycles. The van der Waals surface area contributed by atoms with Gasteiger partial charge in [-0.2, -0.15) is 0 Å². The summed E-state index contributed by atoms with van der Waals surface area (Å²) in [6, 6.07) is 35.3. The summed E-state index contributed by atoms with van der Waals surface area (Å²) in [6.07, 6.45) is 3.38. The van der Waals surface area contributed by atoms with E-state index in [0.29, 0.717) is 32.6 Å². The molecule has 2 heterocycles. The number of amides is 1. The molecule has 0 unspecified atom stereocenters. The third-order valence-electron chi connectivity index (χ3n) is 7.76. The van der Waals surface area contributed by atoms with Gasteiger partial charge in [0.25, 0.3) is 5.91 Å². The monoisotopic (exact) mass is 607 g/mol. The fourth-order valence-electron chi connectivity index (χ4n) is 5.25. The second kappa shape index (κ2) is 12.7. The van der Waals surface area contributed by atoms with Crippen molar-refractivity contribution in [2.45, 2.75) is 26.7 Å². The van der Waals surface area contributed by atoms with E-state index in [1.807, 2.05) is 66.7 Å². The van der Waals surface area contributed by atoms with Gasteiger partial charge in [-0.3, -0.25) is 9.59 Å². The number of nitrogens with zero attached hydrogens (tertiary/aromatic N) is 1. The second-order valence-corrected chi connectivity index (χ2v) is 12.4. The normalized spacial score (nSPS) is 11.4. The molecule has 0 radical (unpaired) electrons. The lowest BCUT2D eigenvalue weighted by Crippen LogP contribution is -2.12. The number of nitrogen functional groups attached to an aromatic ring is 1. The van der Waals surface area contributed by atoms with Crippen LogP contribution in [-0.2, 0) is 0 Å². The van der Waals surface area contributed by atoms with Crippen LogP contribution in [0.25, 0.3) is 38.7 Å². The van der Waals surface area contributed by atoms with Crippen molar-refractivity contribution < 1.29 is 9.59 Å². The first-order valence-electron chi connectivity index (χ1n) is 14.9. The molecule has 0 aliphatic carbocycles. The van der Waals surface area contributed by atoms with Crippen molar-refractivity contribution in [3.05, 3.63) is 142 Å². The van der Waals surface area contributed by atoms with Gasteiger partial charge in [-0.1, -0.05) is 104 Å². The first kappa shape index (κ1) is 29.7. The second-order valence-electron chi connectivity index (χ2n) is 11.4. The molecule has 6 aromatic rings. The van der Waals surface area contributed by atoms with E-state index in [1.54, 1.807) is 30.3 Å². The van der Waals surface area contributed by atoms with Crippen LogP contribution in [0.15, 0.2) is 115 Å². The van der Waals surface area contributed by atoms with Gasteiger partial charge in [0.1, 0.15) is 9.71 Å². The molecule has 3 N–H and O–H groups in total. The third kappa shape index (κ3) is 6.47. The molecular weight excluding hydrogens is 575 g/mol. The predicted molar refractivity (Wildman–Crippen MR) is 188 cm³/mol. The summed E-state index contributed by atoms with van der Waals surface area (Å²) in [5, 5.41) is 3.71. The molecule has 222 valence electrons. The minimum atomic E-state index is -0.323. The maximum Gasteiger partial charge on any atom is 0.267 e. The number of aromatic nitrogens is 1. The average Bonchev–Trinajstić information content (AvgIpc) is 3.40. The number of nitrogens with one attached hydrogen (secondary N) is 1. The smallest absolute Gasteiger partial charge is 0.267 e. The number of rotatable bonds is 8. The van der Waals surface area contributed by atoms with E-state index < -0.39 is 0 Å². The first-order chi connectivity index (χ1) is 21.8. The Labute approximate surface area is 267 Å². The number of hydrogen-bond acceptors (Lipinski definition) is 5. The molecule has 6 heteroatoms. The Balaban J connectivity index is 1.25. The van der Waals surface area contributed by atoms with E-state index in [2.05, 4.69) is 50.4 Å². The van der Waals surface area contributed by atoms with Gasteiger partial charge in [-0.25, -0.2) is 4.98 Å². The SMILES string of the molecule is Cc1cccc(-c2cc(-c3ccccc3)nc3sc(C(=O)Nc4ccc(C(=O)C=Cc5ccc(C(C)C)cc5)cc4)c(N)c23)c1. The molecule has 0 aliphatic rings. The summed E-state index contributed by atoms with van der Waals surface area (Å²) in [5.74, 6) is 0.0218. The van der Waals surface area contributed by atoms with Gasteiger partial charge >= 0.3 is 0 Å². The number of thiophene rings is 1. The molecular formula is C39H33N3O2S. The number of aryl methyl sites for hydroxylation is 1. The lowest BCUT2D eigenvalue weighted by atomic mass is 9.98. The van der Waals surface area contributed by atoms with E-state index in [9.17, 15) is 9.59 Å². The van der Waals surface area contributed by atoms with Crippen LogP contribution in [-0.4, -0.2) is 16.7 Å². The number of anilines is 2. The molecule has 1 amide bonds. The van der Waals surface area contributed by atoms with Crippen LogP contribution >= 0.6 is 11.3 Å². The zero-order chi connectivity index (χ0) is 31.5. The standard InChI is InChI=1S/C39H33N3O2S/c1-24(2)27-15-12-26(13-16-27)14-21-34(43)29-17-19-31(20-18-29)41-38(44)37-36(40)35-32(30-11-7-8-25(3)22-30)23-33(42-39(35)45-37)28-9-5-4-6-10-28/h4-24H,40H2,1-3H3,(H,41,44). The van der Waals surface area contributed by atoms with Crippen LogP contribution < -0.4 is 11.1 Å². The summed E-state index contributed by atoms with van der Waals surface area (Å²) in [4.78, 5) is 32.3. The Morgan fingerprint density at radius 1 is 0.844 bits per heavy atom. The number of benzene rings is 4. The van der Waals surface area contributed by atoms with Crippen LogP contribution in [0, 0.1) is 6.92 Å². The molecule has 0 saturated carbocycles. The minimum absolute atomic E-state index is 0.112. The van der Waals surface area contributed by atoms with Crippen LogP contribution in [0.1, 0.15) is 56.5 Å². The summed E-state index contributed by atoms with van der Waals surface area (Å²) in [6.45, 7) is 6.36. The number of fused-ring (bicyclic) bond motifs is 1. The Bertz CT molecular complexity index is 2040. The van der Waals surface area contributed by atoms with E-state index in [4.69, 9.17) is 10.7 Å². The van der Waals surface area contributed by atoms with Crippen molar-refractivity contribution in [3.63, 3.8) is 0 Å². The highest BCUT2D eigenvalue weighted by Crippen LogP contribution is 2.41. The fraction of sp³-hybridized carbons (Fsp3) is 0.103. The summed E-state index contributed by atoms with van der Waals surface area (Å²) in [7, 11) is 0. The number of carbonyl (C=O) groups is 2. The third-order valence-corrected chi connectivity index (χ3v) is 8.86. The molecule has 0 bridgehead atoms. The number of nitrogens with two attached hydrogens (primary N) is 1. The molecule has 0 atom stereocenters. The van der Waals surface area contributed by atoms with Gasteiger partial charge in [0.2, 0.25) is 0 Å². The number of ketones is 1. The Morgan fingerprint density at radius 2 is 1.56 bits per heavy atom. The summed E-state index contributed by atoms with van der Waals surface area (Å²) >= 11 is 1.28. The van der Waals surface area contributed by atoms with E-state index >= 15 is 0 Å². The Kier molecular flexibility index (Phi) is 8.41. The minimum Gasteiger partial charge on any atom is -0.397 e. The quantitative estimate of drug-likeness (QED) is 0.133. The summed E-state index contributed by atoms with van der Waals surface area (Å²) < 4.78 is 0. The molecule has 6 rings (SSSR count). The molecule has 2 aromatic heterocycles. The first-order valence-corrected chi connectivity index (χ1v) is 15.7. The van der Waals surface area contributed by atoms with Gasteiger partial charge in [0.15, 0.2) is 5.78 Å². The van der Waals surface area contributed by atoms with Crippen molar-refractivity contribution in [1.82, 2.24) is 4.98 Å². The van der Waals surface area contributed by atoms with Gasteiger partial charge in [-0.15, -0.1) is 11.3 Å². The number of hydrogen-bond donors (Lipinski definition) is 2. The molecule has 0 saturated heterocycles. The van der Waals surface area contributed by atoms with E-state index in [1.165, 1.54) is 16.9 Å². The Morgan fingerprint density at radius 3 is 2.24 bits per heavy atom. The highest BCUT2D eigenvalue weighted by atomic mass is 32.1. The average molecular weight is 608 g/mol. The lowest BCUT2D eigenvalue weighted by molar-refractivity contribution is 0.102. The fourth-order valence-corrected chi connectivity index (χ4v) is 6.27. The summed E-state index contributed by atoms with van der Waals surface area (Å²) in [5.41, 5.74) is 15.3. The van der Waals surface area contributed by atoms with Crippen LogP contribution in [0.3, 0.4) is 0 Å². The number of pyridine rings is 1. The number of allylic oxidation sites excluding steroid dienone is 1. The van der Waals surface area contributed by atoms with E-state index in [0.717, 1.165) is 38.9 Å². The van der Waals surface area contributed by atoms with Crippen molar-refractivity contribution in [3.8, 4) is 22.4 Å². The largest absolute Gasteiger partial charge is 0.397 e. The molecule has 0 aliphatic heterocycles. The van der Waals surface area contributed by atoms with Gasteiger partial charge in [0.05, 0.1) is 11.4 Å². The lowest BCUT2D eigenvalue weighted by Gasteiger charge is -2.10.